The van der Waals surface area contributed by atoms with E-state index >= 15 is 0 Å². The summed E-state index contributed by atoms with van der Waals surface area (Å²) in [5, 5.41) is 2.77. The van der Waals surface area contributed by atoms with E-state index in [1.807, 2.05) is 30.3 Å². The van der Waals surface area contributed by atoms with E-state index in [1.165, 1.54) is 0 Å². The lowest BCUT2D eigenvalue weighted by atomic mass is 9.99. The van der Waals surface area contributed by atoms with Gasteiger partial charge < -0.3 is 20.5 Å². The third-order valence-electron chi connectivity index (χ3n) is 2.90. The van der Waals surface area contributed by atoms with Crippen LogP contribution in [0.4, 0.5) is 0 Å². The fraction of sp³-hybridized carbons (Fsp3) is 0.462. The van der Waals surface area contributed by atoms with Gasteiger partial charge in [-0.1, -0.05) is 18.2 Å². The molecule has 1 atom stereocenters. The van der Waals surface area contributed by atoms with Crippen molar-refractivity contribution in [2.45, 2.75) is 12.0 Å². The third-order valence-corrected chi connectivity index (χ3v) is 2.90. The molecule has 0 radical (unpaired) electrons. The lowest BCUT2D eigenvalue weighted by Crippen LogP contribution is -2.55. The van der Waals surface area contributed by atoms with Crippen LogP contribution in [0.5, 0.6) is 5.75 Å². The molecule has 0 saturated carbocycles. The molecule has 0 aliphatic carbocycles. The van der Waals surface area contributed by atoms with Gasteiger partial charge in [0.2, 0.25) is 5.91 Å². The maximum Gasteiger partial charge on any atom is 0.242 e. The Morgan fingerprint density at radius 1 is 1.44 bits per heavy atom. The molecule has 2 rings (SSSR count). The van der Waals surface area contributed by atoms with Crippen molar-refractivity contribution >= 4 is 5.91 Å². The largest absolute Gasteiger partial charge is 0.492 e. The smallest absolute Gasteiger partial charge is 0.242 e. The van der Waals surface area contributed by atoms with Gasteiger partial charge in [0, 0.05) is 6.61 Å². The number of amides is 1. The molecule has 98 valence electrons. The zero-order chi connectivity index (χ0) is 12.8. The van der Waals surface area contributed by atoms with Gasteiger partial charge in [0.1, 0.15) is 17.9 Å². The van der Waals surface area contributed by atoms with E-state index in [-0.39, 0.29) is 5.91 Å². The average molecular weight is 250 g/mol. The Hall–Kier alpha value is -1.59. The molecule has 5 heteroatoms. The number of nitrogens with two attached hydrogens (primary N) is 1. The third kappa shape index (κ3) is 3.21. The second-order valence-electron chi connectivity index (χ2n) is 4.38. The Labute approximate surface area is 106 Å². The predicted octanol–water partition coefficient (Wildman–Crippen LogP) is 0.299. The normalized spacial score (nSPS) is 22.7. The predicted molar refractivity (Wildman–Crippen MR) is 67.3 cm³/mol. The van der Waals surface area contributed by atoms with Crippen LogP contribution in [0.15, 0.2) is 30.3 Å². The maximum atomic E-state index is 11.8. The van der Waals surface area contributed by atoms with E-state index in [0.29, 0.717) is 32.8 Å². The highest BCUT2D eigenvalue weighted by atomic mass is 16.5. The molecule has 1 aromatic carbocycles. The second kappa shape index (κ2) is 5.84. The first kappa shape index (κ1) is 12.9. The molecular weight excluding hydrogens is 232 g/mol. The van der Waals surface area contributed by atoms with Crippen molar-refractivity contribution in [2.24, 2.45) is 5.73 Å². The molecule has 0 bridgehead atoms. The number of nitrogens with one attached hydrogen (secondary N) is 1. The summed E-state index contributed by atoms with van der Waals surface area (Å²) >= 11 is 0. The van der Waals surface area contributed by atoms with Gasteiger partial charge in [0.15, 0.2) is 0 Å². The Balaban J connectivity index is 1.68. The summed E-state index contributed by atoms with van der Waals surface area (Å²) in [4.78, 5) is 11.8. The molecule has 18 heavy (non-hydrogen) atoms. The lowest BCUT2D eigenvalue weighted by Gasteiger charge is -2.20. The number of benzene rings is 1. The number of hydrogen-bond donors (Lipinski definition) is 2. The molecule has 1 aromatic rings. The summed E-state index contributed by atoms with van der Waals surface area (Å²) in [5.41, 5.74) is 5.05. The zero-order valence-electron chi connectivity index (χ0n) is 10.2. The average Bonchev–Trinajstić information content (AvgIpc) is 2.84. The highest BCUT2D eigenvalue weighted by molar-refractivity contribution is 5.86. The van der Waals surface area contributed by atoms with Crippen LogP contribution in [-0.4, -0.2) is 37.8 Å². The number of rotatable bonds is 5. The molecule has 5 nitrogen and oxygen atoms in total. The molecule has 1 fully saturated rings. The number of para-hydroxylation sites is 1. The Morgan fingerprint density at radius 3 is 2.89 bits per heavy atom. The molecule has 0 aromatic heterocycles. The fourth-order valence-electron chi connectivity index (χ4n) is 1.79. The molecule has 1 unspecified atom stereocenters. The van der Waals surface area contributed by atoms with E-state index in [4.69, 9.17) is 15.2 Å². The Bertz CT molecular complexity index is 388. The van der Waals surface area contributed by atoms with Crippen molar-refractivity contribution in [3.63, 3.8) is 0 Å². The molecule has 0 spiro atoms. The summed E-state index contributed by atoms with van der Waals surface area (Å²) in [5.74, 6) is 0.620. The summed E-state index contributed by atoms with van der Waals surface area (Å²) in [6, 6.07) is 9.47. The van der Waals surface area contributed by atoms with Gasteiger partial charge in [-0.05, 0) is 18.6 Å². The van der Waals surface area contributed by atoms with Crippen molar-refractivity contribution in [2.75, 3.05) is 26.4 Å². The molecule has 1 aliphatic heterocycles. The van der Waals surface area contributed by atoms with Gasteiger partial charge in [-0.2, -0.15) is 0 Å². The maximum absolute atomic E-state index is 11.8. The topological polar surface area (TPSA) is 73.6 Å². The van der Waals surface area contributed by atoms with Gasteiger partial charge in [-0.25, -0.2) is 0 Å². The number of ether oxygens (including phenoxy) is 2. The molecule has 3 N–H and O–H groups in total. The second-order valence-corrected chi connectivity index (χ2v) is 4.38. The molecule has 1 amide bonds. The van der Waals surface area contributed by atoms with Crippen LogP contribution in [0, 0.1) is 0 Å². The molecule has 1 heterocycles. The lowest BCUT2D eigenvalue weighted by molar-refractivity contribution is -0.126. The minimum Gasteiger partial charge on any atom is -0.492 e. The van der Waals surface area contributed by atoms with E-state index in [0.717, 1.165) is 5.75 Å². The first-order valence-corrected chi connectivity index (χ1v) is 6.03. The monoisotopic (exact) mass is 250 g/mol. The van der Waals surface area contributed by atoms with E-state index in [1.54, 1.807) is 0 Å². The van der Waals surface area contributed by atoms with Crippen LogP contribution in [0.2, 0.25) is 0 Å². The van der Waals surface area contributed by atoms with Crippen molar-refractivity contribution in [3.8, 4) is 5.75 Å². The number of carbonyl (C=O) groups is 1. The van der Waals surface area contributed by atoms with Gasteiger partial charge in [-0.15, -0.1) is 0 Å². The molecule has 1 saturated heterocycles. The molecule has 1 aliphatic rings. The fourth-order valence-corrected chi connectivity index (χ4v) is 1.79. The highest BCUT2D eigenvalue weighted by Gasteiger charge is 2.37. The standard InChI is InChI=1S/C13H18N2O3/c14-13(6-8-17-10-13)12(16)15-7-9-18-11-4-2-1-3-5-11/h1-5H,6-10,14H2,(H,15,16). The van der Waals surface area contributed by atoms with Crippen molar-refractivity contribution in [1.82, 2.24) is 5.32 Å². The van der Waals surface area contributed by atoms with E-state index in [9.17, 15) is 4.79 Å². The SMILES string of the molecule is NC1(C(=O)NCCOc2ccccc2)CCOC1. The van der Waals surface area contributed by atoms with Crippen molar-refractivity contribution in [3.05, 3.63) is 30.3 Å². The summed E-state index contributed by atoms with van der Waals surface area (Å²) in [7, 11) is 0. The van der Waals surface area contributed by atoms with Crippen LogP contribution in [-0.2, 0) is 9.53 Å². The van der Waals surface area contributed by atoms with Gasteiger partial charge >= 0.3 is 0 Å². The van der Waals surface area contributed by atoms with Gasteiger partial charge in [-0.3, -0.25) is 4.79 Å². The van der Waals surface area contributed by atoms with Crippen LogP contribution in [0.1, 0.15) is 6.42 Å². The highest BCUT2D eigenvalue weighted by Crippen LogP contribution is 2.15. The molecular formula is C13H18N2O3. The van der Waals surface area contributed by atoms with Crippen LogP contribution >= 0.6 is 0 Å². The van der Waals surface area contributed by atoms with E-state index < -0.39 is 5.54 Å². The minimum absolute atomic E-state index is 0.170. The van der Waals surface area contributed by atoms with Gasteiger partial charge in [0.25, 0.3) is 0 Å². The summed E-state index contributed by atoms with van der Waals surface area (Å²) < 4.78 is 10.6. The van der Waals surface area contributed by atoms with Crippen molar-refractivity contribution in [1.29, 1.82) is 0 Å². The summed E-state index contributed by atoms with van der Waals surface area (Å²) in [6.07, 6.45) is 0.568. The minimum atomic E-state index is -0.868. The van der Waals surface area contributed by atoms with E-state index in [2.05, 4.69) is 5.32 Å². The zero-order valence-corrected chi connectivity index (χ0v) is 10.2. The Kier molecular flexibility index (Phi) is 4.17. The van der Waals surface area contributed by atoms with Crippen molar-refractivity contribution < 1.29 is 14.3 Å². The van der Waals surface area contributed by atoms with Crippen LogP contribution in [0.3, 0.4) is 0 Å². The first-order valence-electron chi connectivity index (χ1n) is 6.03. The van der Waals surface area contributed by atoms with Gasteiger partial charge in [0.05, 0.1) is 13.2 Å². The quantitative estimate of drug-likeness (QED) is 0.737. The summed E-state index contributed by atoms with van der Waals surface area (Å²) in [6.45, 7) is 1.70. The number of hydrogen-bond acceptors (Lipinski definition) is 4. The first-order chi connectivity index (χ1) is 8.71. The Morgan fingerprint density at radius 2 is 2.22 bits per heavy atom. The van der Waals surface area contributed by atoms with Crippen LogP contribution in [0.25, 0.3) is 0 Å². The van der Waals surface area contributed by atoms with Crippen LogP contribution < -0.4 is 15.8 Å². The number of carbonyl (C=O) groups excluding carboxylic acids is 1.